The number of urea groups is 1. The highest BCUT2D eigenvalue weighted by Crippen LogP contribution is 2.29. The van der Waals surface area contributed by atoms with Gasteiger partial charge in [-0.15, -0.1) is 0 Å². The second-order valence-corrected chi connectivity index (χ2v) is 11.0. The van der Waals surface area contributed by atoms with E-state index < -0.39 is 18.3 Å². The molecule has 44 heavy (non-hydrogen) atoms. The Morgan fingerprint density at radius 2 is 1.82 bits per heavy atom. The first-order valence-corrected chi connectivity index (χ1v) is 14.8. The molecule has 2 fully saturated rings. The first-order chi connectivity index (χ1) is 21.2. The van der Waals surface area contributed by atoms with Crippen molar-refractivity contribution in [2.75, 3.05) is 46.9 Å². The molecule has 236 valence electrons. The Morgan fingerprint density at radius 1 is 1.09 bits per heavy atom. The third kappa shape index (κ3) is 7.87. The van der Waals surface area contributed by atoms with E-state index in [1.54, 1.807) is 29.0 Å². The molecule has 0 spiro atoms. The van der Waals surface area contributed by atoms with Crippen LogP contribution in [0.2, 0.25) is 0 Å². The Kier molecular flexibility index (Phi) is 11.2. The maximum Gasteiger partial charge on any atom is 0.407 e. The summed E-state index contributed by atoms with van der Waals surface area (Å²) in [6, 6.07) is 16.2. The highest BCUT2D eigenvalue weighted by Gasteiger charge is 2.50. The van der Waals surface area contributed by atoms with Crippen molar-refractivity contribution in [2.45, 2.75) is 44.4 Å². The lowest BCUT2D eigenvalue weighted by Crippen LogP contribution is -2.76. The molecule has 4 rings (SSSR count). The van der Waals surface area contributed by atoms with E-state index in [4.69, 9.17) is 9.47 Å². The van der Waals surface area contributed by atoms with Gasteiger partial charge in [-0.3, -0.25) is 9.59 Å². The lowest BCUT2D eigenvalue weighted by atomic mass is 9.97. The van der Waals surface area contributed by atoms with Crippen molar-refractivity contribution in [1.82, 2.24) is 30.5 Å². The van der Waals surface area contributed by atoms with Crippen LogP contribution in [0.4, 0.5) is 9.59 Å². The Bertz CT molecular complexity index is 1310. The van der Waals surface area contributed by atoms with Gasteiger partial charge in [-0.2, -0.15) is 0 Å². The number of hydrazine groups is 1. The Balaban J connectivity index is 1.53. The van der Waals surface area contributed by atoms with E-state index in [1.807, 2.05) is 54.6 Å². The molecule has 3 atom stereocenters. The molecule has 0 aromatic heterocycles. The second-order valence-electron chi connectivity index (χ2n) is 11.0. The summed E-state index contributed by atoms with van der Waals surface area (Å²) >= 11 is 0. The van der Waals surface area contributed by atoms with Crippen molar-refractivity contribution in [3.63, 3.8) is 0 Å². The molecule has 2 saturated heterocycles. The van der Waals surface area contributed by atoms with Crippen molar-refractivity contribution in [1.29, 1.82) is 0 Å². The summed E-state index contributed by atoms with van der Waals surface area (Å²) in [5.41, 5.74) is 1.98. The van der Waals surface area contributed by atoms with E-state index in [2.05, 4.69) is 24.1 Å². The summed E-state index contributed by atoms with van der Waals surface area (Å²) in [5, 5.41) is 8.78. The fraction of sp³-hybridized carbons (Fsp3) is 0.438. The summed E-state index contributed by atoms with van der Waals surface area (Å²) in [7, 11) is 3.29. The number of carbonyl (C=O) groups excluding carboxylic acids is 4. The molecule has 0 aliphatic carbocycles. The summed E-state index contributed by atoms with van der Waals surface area (Å²) in [4.78, 5) is 56.2. The van der Waals surface area contributed by atoms with E-state index >= 15 is 0 Å². The monoisotopic (exact) mass is 606 g/mol. The topological polar surface area (TPSA) is 124 Å². The Morgan fingerprint density at radius 3 is 2.50 bits per heavy atom. The number of carbonyl (C=O) groups is 4. The number of piperazine rings is 1. The average molecular weight is 607 g/mol. The zero-order valence-corrected chi connectivity index (χ0v) is 25.6. The molecule has 2 aromatic rings. The largest absolute Gasteiger partial charge is 0.497 e. The number of fused-ring (bicyclic) bond motifs is 1. The van der Waals surface area contributed by atoms with Gasteiger partial charge in [0, 0.05) is 26.7 Å². The average Bonchev–Trinajstić information content (AvgIpc) is 3.03. The van der Waals surface area contributed by atoms with Crippen LogP contribution in [-0.4, -0.2) is 103 Å². The van der Waals surface area contributed by atoms with Gasteiger partial charge in [0.1, 0.15) is 24.6 Å². The van der Waals surface area contributed by atoms with Crippen LogP contribution in [0.15, 0.2) is 67.3 Å². The minimum Gasteiger partial charge on any atom is -0.497 e. The number of nitrogens with zero attached hydrogens (tertiary/aromatic N) is 4. The van der Waals surface area contributed by atoms with E-state index in [9.17, 15) is 19.2 Å². The van der Waals surface area contributed by atoms with E-state index in [0.717, 1.165) is 16.9 Å². The molecule has 12 heteroatoms. The summed E-state index contributed by atoms with van der Waals surface area (Å²) in [5.74, 6) is 0.346. The molecule has 0 saturated carbocycles. The molecular formula is C32H42N6O6. The van der Waals surface area contributed by atoms with Crippen LogP contribution < -0.4 is 15.4 Å². The number of hydrogen-bond acceptors (Lipinski definition) is 7. The fourth-order valence-corrected chi connectivity index (χ4v) is 5.64. The SMILES string of the molecule is C=CCOC(=O)NCCCC1C(=O)N(CC(C)c2ccccc2)CC2N1C(=O)CN(C)N2C(=O)NCc1ccc(OC)cc1. The minimum atomic E-state index is -0.791. The number of benzene rings is 2. The predicted octanol–water partition coefficient (Wildman–Crippen LogP) is 2.93. The molecule has 0 bridgehead atoms. The number of methoxy groups -OCH3 is 1. The fourth-order valence-electron chi connectivity index (χ4n) is 5.64. The van der Waals surface area contributed by atoms with Gasteiger partial charge in [-0.1, -0.05) is 62.0 Å². The predicted molar refractivity (Wildman–Crippen MR) is 164 cm³/mol. The van der Waals surface area contributed by atoms with E-state index in [1.165, 1.54) is 11.1 Å². The van der Waals surface area contributed by atoms with Gasteiger partial charge in [0.15, 0.2) is 0 Å². The van der Waals surface area contributed by atoms with E-state index in [-0.39, 0.29) is 56.5 Å². The molecule has 2 aliphatic heterocycles. The molecule has 2 N–H and O–H groups in total. The lowest BCUT2D eigenvalue weighted by Gasteiger charge is -2.54. The summed E-state index contributed by atoms with van der Waals surface area (Å²) in [6.45, 7) is 6.75. The smallest absolute Gasteiger partial charge is 0.407 e. The highest BCUT2D eigenvalue weighted by molar-refractivity contribution is 5.91. The van der Waals surface area contributed by atoms with Gasteiger partial charge in [0.05, 0.1) is 20.2 Å². The van der Waals surface area contributed by atoms with Gasteiger partial charge in [0.2, 0.25) is 11.8 Å². The van der Waals surface area contributed by atoms with Gasteiger partial charge in [-0.05, 0) is 42.0 Å². The molecular weight excluding hydrogens is 564 g/mol. The maximum atomic E-state index is 13.9. The zero-order valence-electron chi connectivity index (χ0n) is 25.6. The highest BCUT2D eigenvalue weighted by atomic mass is 16.5. The van der Waals surface area contributed by atoms with Crippen LogP contribution in [0.1, 0.15) is 36.8 Å². The van der Waals surface area contributed by atoms with E-state index in [0.29, 0.717) is 19.4 Å². The van der Waals surface area contributed by atoms with Crippen molar-refractivity contribution < 1.29 is 28.7 Å². The van der Waals surface area contributed by atoms with Crippen molar-refractivity contribution in [3.05, 3.63) is 78.4 Å². The maximum absolute atomic E-state index is 13.9. The van der Waals surface area contributed by atoms with Crippen LogP contribution in [0.5, 0.6) is 5.75 Å². The van der Waals surface area contributed by atoms with Crippen LogP contribution in [-0.2, 0) is 20.9 Å². The van der Waals surface area contributed by atoms with Crippen LogP contribution in [0.25, 0.3) is 0 Å². The number of nitrogens with one attached hydrogen (secondary N) is 2. The summed E-state index contributed by atoms with van der Waals surface area (Å²) < 4.78 is 10.2. The number of hydrogen-bond donors (Lipinski definition) is 2. The lowest BCUT2D eigenvalue weighted by molar-refractivity contribution is -0.187. The third-order valence-electron chi connectivity index (χ3n) is 7.87. The van der Waals surface area contributed by atoms with Crippen LogP contribution in [0.3, 0.4) is 0 Å². The number of rotatable bonds is 12. The quantitative estimate of drug-likeness (QED) is 0.281. The summed E-state index contributed by atoms with van der Waals surface area (Å²) in [6.07, 6.45) is 0.935. The van der Waals surface area contributed by atoms with Crippen LogP contribution in [0, 0.1) is 0 Å². The van der Waals surface area contributed by atoms with Gasteiger partial charge >= 0.3 is 12.1 Å². The Labute approximate surface area is 258 Å². The van der Waals surface area contributed by atoms with Gasteiger partial charge < -0.3 is 29.9 Å². The molecule has 0 radical (unpaired) electrons. The van der Waals surface area contributed by atoms with Gasteiger partial charge in [0.25, 0.3) is 0 Å². The molecule has 12 nitrogen and oxygen atoms in total. The molecule has 5 amide bonds. The van der Waals surface area contributed by atoms with Crippen molar-refractivity contribution in [2.24, 2.45) is 0 Å². The van der Waals surface area contributed by atoms with Crippen LogP contribution >= 0.6 is 0 Å². The molecule has 2 aliphatic rings. The number of amides is 5. The normalized spacial score (nSPS) is 19.2. The molecule has 2 heterocycles. The second kappa shape index (κ2) is 15.2. The Hall–Kier alpha value is -4.58. The van der Waals surface area contributed by atoms with Gasteiger partial charge in [-0.25, -0.2) is 19.6 Å². The number of ether oxygens (including phenoxy) is 2. The third-order valence-corrected chi connectivity index (χ3v) is 7.87. The first kappa shape index (κ1) is 32.3. The molecule has 3 unspecified atom stereocenters. The molecule has 2 aromatic carbocycles. The number of likely N-dealkylation sites (N-methyl/N-ethyl adjacent to an activating group) is 1. The number of alkyl carbamates (subject to hydrolysis) is 1. The van der Waals surface area contributed by atoms with Crippen molar-refractivity contribution >= 4 is 23.9 Å². The first-order valence-electron chi connectivity index (χ1n) is 14.8. The van der Waals surface area contributed by atoms with Crippen molar-refractivity contribution in [3.8, 4) is 5.75 Å². The zero-order chi connectivity index (χ0) is 31.6. The minimum absolute atomic E-state index is 0.0306. The standard InChI is InChI=1S/C32H42N6O6/c1-5-18-44-32(42)33-17-9-12-27-30(40)36(20-23(2)25-10-7-6-8-11-25)21-28-37(27)29(39)22-35(3)38(28)31(41)34-19-24-13-15-26(43-4)16-14-24/h5-8,10-11,13-16,23,27-28H,1,9,12,17-22H2,2-4H3,(H,33,42)(H,34,41).